The molecule has 0 radical (unpaired) electrons. The van der Waals surface area contributed by atoms with Gasteiger partial charge < -0.3 is 5.32 Å². The van der Waals surface area contributed by atoms with Crippen LogP contribution in [0.5, 0.6) is 0 Å². The van der Waals surface area contributed by atoms with Gasteiger partial charge in [-0.3, -0.25) is 14.6 Å². The number of hydrogen-bond donors (Lipinski definition) is 3. The Morgan fingerprint density at radius 3 is 2.73 bits per heavy atom. The van der Waals surface area contributed by atoms with Gasteiger partial charge >= 0.3 is 0 Å². The van der Waals surface area contributed by atoms with E-state index >= 15 is 0 Å². The number of nitrogens with zero attached hydrogens (tertiary/aromatic N) is 3. The minimum atomic E-state index is 0.0809. The zero-order chi connectivity index (χ0) is 11.4. The van der Waals surface area contributed by atoms with Crippen molar-refractivity contribution in [1.82, 2.24) is 14.9 Å². The smallest absolute Gasteiger partial charge is 0.212 e. The summed E-state index contributed by atoms with van der Waals surface area (Å²) >= 11 is 4.36. The van der Waals surface area contributed by atoms with Gasteiger partial charge in [0.25, 0.3) is 0 Å². The lowest BCUT2D eigenvalue weighted by molar-refractivity contribution is 0.448. The van der Waals surface area contributed by atoms with Crippen LogP contribution in [0.15, 0.2) is 9.98 Å². The molecule has 5 nitrogen and oxygen atoms in total. The topological polar surface area (TPSA) is 52.0 Å². The lowest BCUT2D eigenvalue weighted by Gasteiger charge is -2.34. The summed E-state index contributed by atoms with van der Waals surface area (Å²) in [6, 6.07) is 0.232. The molecule has 6 heteroatoms. The van der Waals surface area contributed by atoms with Gasteiger partial charge in [-0.05, 0) is 27.7 Å². The Kier molecular flexibility index (Phi) is 4.26. The molecule has 0 spiro atoms. The number of aliphatic imine (C=N–C) groups is 2. The van der Waals surface area contributed by atoms with Crippen molar-refractivity contribution in [3.05, 3.63) is 0 Å². The summed E-state index contributed by atoms with van der Waals surface area (Å²) < 4.78 is 1.76. The molecule has 1 heterocycles. The van der Waals surface area contributed by atoms with Gasteiger partial charge in [-0.25, -0.2) is 4.99 Å². The first-order valence-electron chi connectivity index (χ1n) is 5.18. The first-order valence-corrected chi connectivity index (χ1v) is 5.58. The van der Waals surface area contributed by atoms with Crippen LogP contribution >= 0.6 is 12.8 Å². The Morgan fingerprint density at radius 1 is 1.53 bits per heavy atom. The predicted molar refractivity (Wildman–Crippen MR) is 67.1 cm³/mol. The van der Waals surface area contributed by atoms with Gasteiger partial charge in [-0.1, -0.05) is 12.8 Å². The highest BCUT2D eigenvalue weighted by Crippen LogP contribution is 2.06. The van der Waals surface area contributed by atoms with Gasteiger partial charge in [-0.15, -0.1) is 0 Å². The lowest BCUT2D eigenvalue weighted by Crippen LogP contribution is -2.60. The van der Waals surface area contributed by atoms with Gasteiger partial charge in [0, 0.05) is 12.6 Å². The average Bonchev–Trinajstić information content (AvgIpc) is 2.13. The van der Waals surface area contributed by atoms with E-state index in [2.05, 4.69) is 33.4 Å². The summed E-state index contributed by atoms with van der Waals surface area (Å²) in [7, 11) is 0. The van der Waals surface area contributed by atoms with E-state index in [4.69, 9.17) is 0 Å². The third-order valence-electron chi connectivity index (χ3n) is 1.86. The van der Waals surface area contributed by atoms with Crippen molar-refractivity contribution in [2.24, 2.45) is 9.98 Å². The van der Waals surface area contributed by atoms with Crippen molar-refractivity contribution in [2.45, 2.75) is 39.9 Å². The maximum absolute atomic E-state index is 4.43. The van der Waals surface area contributed by atoms with E-state index in [1.54, 1.807) is 4.31 Å². The van der Waals surface area contributed by atoms with Crippen LogP contribution in [0.3, 0.4) is 0 Å². The van der Waals surface area contributed by atoms with Gasteiger partial charge in [0.05, 0.1) is 0 Å². The largest absolute Gasteiger partial charge is 0.335 e. The fourth-order valence-corrected chi connectivity index (χ4v) is 1.38. The normalized spacial score (nSPS) is 27.1. The van der Waals surface area contributed by atoms with Crippen LogP contribution in [-0.4, -0.2) is 35.0 Å². The van der Waals surface area contributed by atoms with E-state index in [9.17, 15) is 0 Å². The number of rotatable bonds is 2. The Morgan fingerprint density at radius 2 is 2.20 bits per heavy atom. The van der Waals surface area contributed by atoms with Crippen molar-refractivity contribution in [1.29, 1.82) is 0 Å². The van der Waals surface area contributed by atoms with Crippen molar-refractivity contribution in [2.75, 3.05) is 6.54 Å². The number of hydrogen-bond acceptors (Lipinski definition) is 3. The Bertz CT molecular complexity index is 274. The molecule has 1 rings (SSSR count). The van der Waals surface area contributed by atoms with Crippen LogP contribution < -0.4 is 10.6 Å². The van der Waals surface area contributed by atoms with Gasteiger partial charge in [0.2, 0.25) is 5.96 Å². The minimum absolute atomic E-state index is 0.0809. The molecule has 0 aromatic rings. The molecule has 1 saturated heterocycles. The van der Waals surface area contributed by atoms with Crippen molar-refractivity contribution < 1.29 is 0 Å². The molecule has 1 aliphatic rings. The number of guanidine groups is 2. The maximum atomic E-state index is 4.43. The molecule has 1 fully saturated rings. The molecule has 1 aliphatic heterocycles. The van der Waals surface area contributed by atoms with Crippen LogP contribution in [0.2, 0.25) is 0 Å². The summed E-state index contributed by atoms with van der Waals surface area (Å²) in [5.41, 5.74) is 0. The van der Waals surface area contributed by atoms with E-state index in [0.29, 0.717) is 0 Å². The zero-order valence-corrected chi connectivity index (χ0v) is 10.5. The van der Waals surface area contributed by atoms with Gasteiger partial charge in [0.1, 0.15) is 6.17 Å². The Balaban J connectivity index is 2.82. The summed E-state index contributed by atoms with van der Waals surface area (Å²) in [6.07, 6.45) is 0.0809. The third-order valence-corrected chi connectivity index (χ3v) is 2.39. The number of thiol groups is 1. The first-order chi connectivity index (χ1) is 7.04. The first kappa shape index (κ1) is 12.2. The standard InChI is InChI=1S/C9H19N5S/c1-5-10-8-12-7(4)14(15)9(13-8)11-6(2)3/h6-7,15H,5H2,1-4H3,(H2,10,11,12,13). The summed E-state index contributed by atoms with van der Waals surface area (Å²) in [4.78, 5) is 8.71. The van der Waals surface area contributed by atoms with Crippen LogP contribution in [0.4, 0.5) is 0 Å². The number of nitrogens with one attached hydrogen (secondary N) is 2. The van der Waals surface area contributed by atoms with Crippen molar-refractivity contribution in [3.8, 4) is 0 Å². The Hall–Kier alpha value is -0.910. The van der Waals surface area contributed by atoms with Gasteiger partial charge in [-0.2, -0.15) is 0 Å². The monoisotopic (exact) mass is 229 g/mol. The van der Waals surface area contributed by atoms with Crippen LogP contribution in [-0.2, 0) is 0 Å². The second-order valence-electron chi connectivity index (χ2n) is 3.66. The fraction of sp³-hybridized carbons (Fsp3) is 0.778. The van der Waals surface area contributed by atoms with Crippen LogP contribution in [0, 0.1) is 0 Å². The van der Waals surface area contributed by atoms with E-state index in [-0.39, 0.29) is 12.2 Å². The quantitative estimate of drug-likeness (QED) is 0.614. The third kappa shape index (κ3) is 3.30. The molecular formula is C9H19N5S. The molecule has 0 saturated carbocycles. The van der Waals surface area contributed by atoms with E-state index in [1.807, 2.05) is 27.7 Å². The molecule has 86 valence electrons. The average molecular weight is 229 g/mol. The predicted octanol–water partition coefficient (Wildman–Crippen LogP) is 0.812. The molecular weight excluding hydrogens is 210 g/mol. The lowest BCUT2D eigenvalue weighted by atomic mass is 10.4. The van der Waals surface area contributed by atoms with Crippen molar-refractivity contribution >= 4 is 24.7 Å². The maximum Gasteiger partial charge on any atom is 0.212 e. The van der Waals surface area contributed by atoms with Crippen LogP contribution in [0.25, 0.3) is 0 Å². The van der Waals surface area contributed by atoms with Crippen molar-refractivity contribution in [3.63, 3.8) is 0 Å². The molecule has 1 unspecified atom stereocenters. The van der Waals surface area contributed by atoms with E-state index < -0.39 is 0 Å². The molecule has 0 bridgehead atoms. The molecule has 0 aromatic carbocycles. The molecule has 0 aliphatic carbocycles. The highest BCUT2D eigenvalue weighted by molar-refractivity contribution is 7.78. The second kappa shape index (κ2) is 5.25. The SMILES string of the molecule is CCN=C1NC(=NC(C)C)N(S)C(C)N1. The minimum Gasteiger partial charge on any atom is -0.335 e. The highest BCUT2D eigenvalue weighted by atomic mass is 32.1. The molecule has 2 N–H and O–H groups in total. The summed E-state index contributed by atoms with van der Waals surface area (Å²) in [5, 5.41) is 6.28. The Labute approximate surface area is 96.6 Å². The molecule has 0 aromatic heterocycles. The summed E-state index contributed by atoms with van der Waals surface area (Å²) in [6.45, 7) is 8.80. The zero-order valence-electron chi connectivity index (χ0n) is 9.65. The fourth-order valence-electron chi connectivity index (χ4n) is 1.22. The highest BCUT2D eigenvalue weighted by Gasteiger charge is 2.23. The second-order valence-corrected chi connectivity index (χ2v) is 4.09. The molecule has 0 amide bonds. The van der Waals surface area contributed by atoms with E-state index in [1.165, 1.54) is 0 Å². The van der Waals surface area contributed by atoms with E-state index in [0.717, 1.165) is 18.5 Å². The van der Waals surface area contributed by atoms with Crippen LogP contribution in [0.1, 0.15) is 27.7 Å². The van der Waals surface area contributed by atoms with Gasteiger partial charge in [0.15, 0.2) is 5.96 Å². The summed E-state index contributed by atoms with van der Waals surface area (Å²) in [5.74, 6) is 1.50. The molecule has 1 atom stereocenters. The molecule has 15 heavy (non-hydrogen) atoms.